The second kappa shape index (κ2) is 7.08. The zero-order valence-corrected chi connectivity index (χ0v) is 15.3. The summed E-state index contributed by atoms with van der Waals surface area (Å²) in [5.41, 5.74) is -0.909. The smallest absolute Gasteiger partial charge is 0.332 e. The fraction of sp³-hybridized carbons (Fsp3) is 0.600. The monoisotopic (exact) mass is 395 g/mol. The molecule has 3 aliphatic heterocycles. The van der Waals surface area contributed by atoms with Gasteiger partial charge in [-0.25, -0.2) is 13.6 Å². The van der Waals surface area contributed by atoms with Gasteiger partial charge in [-0.05, 0) is 50.2 Å². The normalized spacial score (nSPS) is 34.6. The van der Waals surface area contributed by atoms with Crippen molar-refractivity contribution in [3.05, 3.63) is 35.4 Å². The van der Waals surface area contributed by atoms with Crippen LogP contribution in [0.1, 0.15) is 44.1 Å². The Kier molecular flexibility index (Phi) is 4.87. The fourth-order valence-corrected chi connectivity index (χ4v) is 5.01. The van der Waals surface area contributed by atoms with E-state index in [2.05, 4.69) is 0 Å². The zero-order valence-electron chi connectivity index (χ0n) is 15.3. The number of aliphatic hydroxyl groups is 1. The average Bonchev–Trinajstić information content (AvgIpc) is 3.21. The molecule has 3 aliphatic rings. The highest BCUT2D eigenvalue weighted by Crippen LogP contribution is 2.43. The SMILES string of the molecule is O=C(O)[C@H]1CC[C@@H](C(=O)N2C3CCC2CC(O)(Cc2ccc(F)cc2F)C3)O1. The van der Waals surface area contributed by atoms with Crippen LogP contribution in [0.4, 0.5) is 8.78 Å². The van der Waals surface area contributed by atoms with Crippen LogP contribution in [0.15, 0.2) is 18.2 Å². The molecule has 6 nitrogen and oxygen atoms in total. The molecule has 2 unspecified atom stereocenters. The van der Waals surface area contributed by atoms with Gasteiger partial charge in [-0.3, -0.25) is 4.79 Å². The molecular formula is C20H23F2NO5. The zero-order chi connectivity index (χ0) is 20.1. The van der Waals surface area contributed by atoms with E-state index < -0.39 is 35.4 Å². The van der Waals surface area contributed by atoms with Crippen molar-refractivity contribution < 1.29 is 33.3 Å². The lowest BCUT2D eigenvalue weighted by atomic mass is 9.81. The maximum atomic E-state index is 14.0. The van der Waals surface area contributed by atoms with Crippen molar-refractivity contribution >= 4 is 11.9 Å². The summed E-state index contributed by atoms with van der Waals surface area (Å²) >= 11 is 0. The molecule has 4 atom stereocenters. The van der Waals surface area contributed by atoms with Crippen molar-refractivity contribution in [3.63, 3.8) is 0 Å². The lowest BCUT2D eigenvalue weighted by Crippen LogP contribution is -2.56. The number of amides is 1. The van der Waals surface area contributed by atoms with Gasteiger partial charge in [0.1, 0.15) is 17.7 Å². The molecule has 0 aliphatic carbocycles. The summed E-state index contributed by atoms with van der Waals surface area (Å²) in [7, 11) is 0. The molecule has 3 fully saturated rings. The molecule has 1 amide bonds. The summed E-state index contributed by atoms with van der Waals surface area (Å²) < 4.78 is 32.5. The minimum atomic E-state index is -1.17. The number of benzene rings is 1. The van der Waals surface area contributed by atoms with E-state index in [9.17, 15) is 23.5 Å². The van der Waals surface area contributed by atoms with Crippen LogP contribution in [0.3, 0.4) is 0 Å². The molecule has 2 bridgehead atoms. The van der Waals surface area contributed by atoms with E-state index in [1.807, 2.05) is 0 Å². The van der Waals surface area contributed by atoms with Gasteiger partial charge in [0.15, 0.2) is 6.10 Å². The topological polar surface area (TPSA) is 87.1 Å². The second-order valence-electron chi connectivity index (χ2n) is 8.20. The van der Waals surface area contributed by atoms with Crippen molar-refractivity contribution in [3.8, 4) is 0 Å². The summed E-state index contributed by atoms with van der Waals surface area (Å²) in [4.78, 5) is 25.7. The largest absolute Gasteiger partial charge is 0.479 e. The van der Waals surface area contributed by atoms with E-state index in [4.69, 9.17) is 9.84 Å². The summed E-state index contributed by atoms with van der Waals surface area (Å²) in [6.45, 7) is 0. The highest BCUT2D eigenvalue weighted by atomic mass is 19.1. The van der Waals surface area contributed by atoms with Gasteiger partial charge >= 0.3 is 5.97 Å². The van der Waals surface area contributed by atoms with E-state index >= 15 is 0 Å². The molecule has 0 saturated carbocycles. The molecule has 2 N–H and O–H groups in total. The third kappa shape index (κ3) is 3.51. The number of carbonyl (C=O) groups excluding carboxylic acids is 1. The number of hydrogen-bond donors (Lipinski definition) is 2. The van der Waals surface area contributed by atoms with E-state index in [0.717, 1.165) is 18.9 Å². The molecule has 1 aromatic rings. The van der Waals surface area contributed by atoms with Crippen LogP contribution in [0.25, 0.3) is 0 Å². The minimum absolute atomic E-state index is 0.0646. The van der Waals surface area contributed by atoms with E-state index in [1.54, 1.807) is 4.90 Å². The van der Waals surface area contributed by atoms with Crippen molar-refractivity contribution in [1.29, 1.82) is 0 Å². The summed E-state index contributed by atoms with van der Waals surface area (Å²) in [5.74, 6) is -2.62. The predicted molar refractivity (Wildman–Crippen MR) is 93.4 cm³/mol. The fourth-order valence-electron chi connectivity index (χ4n) is 5.01. The van der Waals surface area contributed by atoms with Gasteiger partial charge in [0.05, 0.1) is 5.60 Å². The van der Waals surface area contributed by atoms with Crippen molar-refractivity contribution in [1.82, 2.24) is 4.90 Å². The van der Waals surface area contributed by atoms with Gasteiger partial charge in [0.25, 0.3) is 5.91 Å². The second-order valence-corrected chi connectivity index (χ2v) is 8.20. The highest BCUT2D eigenvalue weighted by molar-refractivity contribution is 5.83. The van der Waals surface area contributed by atoms with Gasteiger partial charge in [-0.2, -0.15) is 0 Å². The molecule has 1 aromatic carbocycles. The molecular weight excluding hydrogens is 372 g/mol. The Morgan fingerprint density at radius 3 is 2.32 bits per heavy atom. The number of rotatable bonds is 4. The first-order valence-electron chi connectivity index (χ1n) is 9.62. The van der Waals surface area contributed by atoms with Crippen LogP contribution in [-0.4, -0.2) is 56.9 Å². The maximum Gasteiger partial charge on any atom is 0.332 e. The molecule has 0 radical (unpaired) electrons. The molecule has 4 rings (SSSR count). The Balaban J connectivity index is 1.45. The third-order valence-corrected chi connectivity index (χ3v) is 6.21. The van der Waals surface area contributed by atoms with Crippen LogP contribution in [-0.2, 0) is 20.7 Å². The van der Waals surface area contributed by atoms with Crippen LogP contribution in [0.2, 0.25) is 0 Å². The summed E-state index contributed by atoms with van der Waals surface area (Å²) in [5, 5.41) is 20.1. The molecule has 3 saturated heterocycles. The van der Waals surface area contributed by atoms with Crippen LogP contribution in [0, 0.1) is 11.6 Å². The Morgan fingerprint density at radius 1 is 1.11 bits per heavy atom. The van der Waals surface area contributed by atoms with Gasteiger partial charge in [-0.15, -0.1) is 0 Å². The first kappa shape index (κ1) is 19.3. The number of halogens is 2. The number of ether oxygens (including phenoxy) is 1. The minimum Gasteiger partial charge on any atom is -0.479 e. The van der Waals surface area contributed by atoms with Gasteiger partial charge in [0, 0.05) is 24.6 Å². The van der Waals surface area contributed by atoms with Gasteiger partial charge in [0.2, 0.25) is 0 Å². The number of carbonyl (C=O) groups is 2. The lowest BCUT2D eigenvalue weighted by molar-refractivity contribution is -0.159. The van der Waals surface area contributed by atoms with Gasteiger partial charge in [-0.1, -0.05) is 6.07 Å². The third-order valence-electron chi connectivity index (χ3n) is 6.21. The summed E-state index contributed by atoms with van der Waals surface area (Å²) in [6.07, 6.45) is 1.12. The quantitative estimate of drug-likeness (QED) is 0.815. The number of hydrogen-bond acceptors (Lipinski definition) is 4. The Labute approximate surface area is 161 Å². The van der Waals surface area contributed by atoms with E-state index in [1.165, 1.54) is 12.1 Å². The van der Waals surface area contributed by atoms with Crippen LogP contribution >= 0.6 is 0 Å². The molecule has 3 heterocycles. The van der Waals surface area contributed by atoms with Crippen LogP contribution in [0.5, 0.6) is 0 Å². The number of carboxylic acids is 1. The predicted octanol–water partition coefficient (Wildman–Crippen LogP) is 2.02. The molecule has 0 aromatic heterocycles. The standard InChI is InChI=1S/C20H23F2NO5/c21-12-2-1-11(15(22)7-12)8-20(27)9-13-3-4-14(10-20)23(13)18(24)16-5-6-17(28-16)19(25)26/h1-2,7,13-14,16-17,27H,3-6,8-10H2,(H,25,26)/t13?,14?,16-,17+,20?/m0/s1. The lowest BCUT2D eigenvalue weighted by Gasteiger charge is -2.44. The number of fused-ring (bicyclic) bond motifs is 2. The number of piperidine rings is 1. The Morgan fingerprint density at radius 2 is 1.75 bits per heavy atom. The highest BCUT2D eigenvalue weighted by Gasteiger charge is 2.51. The van der Waals surface area contributed by atoms with E-state index in [-0.39, 0.29) is 30.0 Å². The van der Waals surface area contributed by atoms with Crippen molar-refractivity contribution in [2.24, 2.45) is 0 Å². The molecule has 8 heteroatoms. The number of carboxylic acid groups (broad SMARTS) is 1. The van der Waals surface area contributed by atoms with E-state index in [0.29, 0.717) is 25.7 Å². The van der Waals surface area contributed by atoms with Crippen LogP contribution < -0.4 is 0 Å². The average molecular weight is 395 g/mol. The molecule has 0 spiro atoms. The van der Waals surface area contributed by atoms with Crippen molar-refractivity contribution in [2.75, 3.05) is 0 Å². The first-order chi connectivity index (χ1) is 13.3. The number of aliphatic carboxylic acids is 1. The van der Waals surface area contributed by atoms with Crippen molar-refractivity contribution in [2.45, 2.75) is 74.8 Å². The first-order valence-corrected chi connectivity index (χ1v) is 9.62. The molecule has 152 valence electrons. The molecule has 28 heavy (non-hydrogen) atoms. The summed E-state index contributed by atoms with van der Waals surface area (Å²) in [6, 6.07) is 2.95. The Hall–Kier alpha value is -2.06. The van der Waals surface area contributed by atoms with Gasteiger partial charge < -0.3 is 19.8 Å². The number of nitrogens with zero attached hydrogens (tertiary/aromatic N) is 1. The Bertz CT molecular complexity index is 787. The maximum absolute atomic E-state index is 14.0.